The van der Waals surface area contributed by atoms with Crippen LogP contribution in [0.3, 0.4) is 0 Å². The van der Waals surface area contributed by atoms with Crippen molar-refractivity contribution in [3.05, 3.63) is 48.2 Å². The highest BCUT2D eigenvalue weighted by atomic mass is 16.5. The Labute approximate surface area is 153 Å². The van der Waals surface area contributed by atoms with Gasteiger partial charge in [0.05, 0.1) is 13.3 Å². The molecule has 0 saturated carbocycles. The first-order chi connectivity index (χ1) is 12.7. The van der Waals surface area contributed by atoms with Crippen LogP contribution in [0.1, 0.15) is 23.2 Å². The molecule has 6 nitrogen and oxygen atoms in total. The molecule has 1 aromatic carbocycles. The highest BCUT2D eigenvalue weighted by Crippen LogP contribution is 2.28. The number of hydrogen-bond donors (Lipinski definition) is 1. The normalized spacial score (nSPS) is 24.1. The molecule has 0 radical (unpaired) electrons. The van der Waals surface area contributed by atoms with Crippen molar-refractivity contribution in [3.63, 3.8) is 0 Å². The summed E-state index contributed by atoms with van der Waals surface area (Å²) in [6.07, 6.45) is 3.98. The number of rotatable bonds is 5. The highest BCUT2D eigenvalue weighted by Gasteiger charge is 2.34. The number of methoxy groups -OCH3 is 1. The third-order valence-electron chi connectivity index (χ3n) is 5.26. The summed E-state index contributed by atoms with van der Waals surface area (Å²) in [7, 11) is 1.59. The van der Waals surface area contributed by atoms with Crippen molar-refractivity contribution in [2.45, 2.75) is 18.9 Å². The van der Waals surface area contributed by atoms with E-state index in [0.29, 0.717) is 28.9 Å². The van der Waals surface area contributed by atoms with Gasteiger partial charge in [-0.3, -0.25) is 4.79 Å². The van der Waals surface area contributed by atoms with Gasteiger partial charge in [0.1, 0.15) is 11.5 Å². The lowest BCUT2D eigenvalue weighted by Gasteiger charge is -2.44. The monoisotopic (exact) mass is 353 g/mol. The molecule has 136 valence electrons. The van der Waals surface area contributed by atoms with Crippen LogP contribution in [0.2, 0.25) is 0 Å². The molecular weight excluding hydrogens is 330 g/mol. The molecule has 0 aliphatic carbocycles. The summed E-state index contributed by atoms with van der Waals surface area (Å²) in [5.41, 5.74) is 0.650. The zero-order chi connectivity index (χ0) is 17.9. The third-order valence-corrected chi connectivity index (χ3v) is 5.26. The second-order valence-electron chi connectivity index (χ2n) is 6.88. The van der Waals surface area contributed by atoms with E-state index < -0.39 is 0 Å². The topological polar surface area (TPSA) is 63.7 Å². The van der Waals surface area contributed by atoms with E-state index in [1.54, 1.807) is 49.7 Å². The maximum Gasteiger partial charge on any atom is 0.251 e. The minimum absolute atomic E-state index is 0.0159. The van der Waals surface area contributed by atoms with Gasteiger partial charge < -0.3 is 19.7 Å². The summed E-state index contributed by atoms with van der Waals surface area (Å²) in [4.78, 5) is 19.1. The molecule has 1 atom stereocenters. The Morgan fingerprint density at radius 2 is 1.85 bits per heavy atom. The average Bonchev–Trinajstić information content (AvgIpc) is 2.70. The van der Waals surface area contributed by atoms with Gasteiger partial charge >= 0.3 is 0 Å². The number of carbonyl (C=O) groups excluding carboxylic acids is 1. The third kappa shape index (κ3) is 3.65. The fraction of sp³-hybridized carbons (Fsp3) is 0.400. The summed E-state index contributed by atoms with van der Waals surface area (Å²) in [5.74, 6) is 2.40. The van der Waals surface area contributed by atoms with Crippen LogP contribution in [0.5, 0.6) is 17.4 Å². The lowest BCUT2D eigenvalue weighted by molar-refractivity contribution is 0.0620. The summed E-state index contributed by atoms with van der Waals surface area (Å²) in [5, 5.41) is 3.20. The minimum Gasteiger partial charge on any atom is -0.495 e. The minimum atomic E-state index is -0.0159. The molecular formula is C20H23N3O3. The molecule has 3 fully saturated rings. The van der Waals surface area contributed by atoms with Gasteiger partial charge in [0.2, 0.25) is 5.88 Å². The van der Waals surface area contributed by atoms with Crippen LogP contribution in [-0.2, 0) is 0 Å². The second kappa shape index (κ2) is 7.33. The number of nitrogens with zero attached hydrogens (tertiary/aromatic N) is 2. The van der Waals surface area contributed by atoms with Crippen LogP contribution in [0.25, 0.3) is 0 Å². The Morgan fingerprint density at radius 3 is 2.42 bits per heavy atom. The molecule has 1 amide bonds. The van der Waals surface area contributed by atoms with E-state index in [9.17, 15) is 4.79 Å². The van der Waals surface area contributed by atoms with E-state index in [1.807, 2.05) is 0 Å². The first-order valence-corrected chi connectivity index (χ1v) is 9.02. The Hall–Kier alpha value is -2.60. The van der Waals surface area contributed by atoms with Crippen molar-refractivity contribution in [3.8, 4) is 17.4 Å². The molecule has 2 bridgehead atoms. The molecule has 5 rings (SSSR count). The number of aromatic nitrogens is 1. The number of pyridine rings is 1. The number of ether oxygens (including phenoxy) is 2. The van der Waals surface area contributed by atoms with Crippen LogP contribution in [-0.4, -0.2) is 48.6 Å². The molecule has 26 heavy (non-hydrogen) atoms. The van der Waals surface area contributed by atoms with Crippen molar-refractivity contribution >= 4 is 5.91 Å². The molecule has 3 aliphatic rings. The number of piperidine rings is 3. The van der Waals surface area contributed by atoms with Gasteiger partial charge in [-0.15, -0.1) is 0 Å². The zero-order valence-electron chi connectivity index (χ0n) is 14.9. The van der Waals surface area contributed by atoms with Gasteiger partial charge in [0, 0.05) is 24.2 Å². The molecule has 2 aromatic rings. The van der Waals surface area contributed by atoms with Crippen molar-refractivity contribution in [1.29, 1.82) is 0 Å². The SMILES string of the molecule is COc1ccc(Oc2ccc(C(=O)N[C@H]3CN4CCC3CC4)cc2)nc1. The van der Waals surface area contributed by atoms with Gasteiger partial charge in [-0.2, -0.15) is 0 Å². The summed E-state index contributed by atoms with van der Waals surface area (Å²) < 4.78 is 10.8. The number of nitrogens with one attached hydrogen (secondary N) is 1. The van der Waals surface area contributed by atoms with Gasteiger partial charge in [-0.05, 0) is 62.2 Å². The van der Waals surface area contributed by atoms with Crippen LogP contribution in [0.15, 0.2) is 42.6 Å². The fourth-order valence-electron chi connectivity index (χ4n) is 3.72. The van der Waals surface area contributed by atoms with E-state index in [0.717, 1.165) is 6.54 Å². The van der Waals surface area contributed by atoms with Gasteiger partial charge in [0.25, 0.3) is 5.91 Å². The number of hydrogen-bond acceptors (Lipinski definition) is 5. The van der Waals surface area contributed by atoms with E-state index in [4.69, 9.17) is 9.47 Å². The molecule has 0 unspecified atom stereocenters. The lowest BCUT2D eigenvalue weighted by atomic mass is 9.84. The largest absolute Gasteiger partial charge is 0.495 e. The zero-order valence-corrected chi connectivity index (χ0v) is 14.9. The van der Waals surface area contributed by atoms with E-state index in [1.165, 1.54) is 25.9 Å². The summed E-state index contributed by atoms with van der Waals surface area (Å²) in [6, 6.07) is 11.0. The highest BCUT2D eigenvalue weighted by molar-refractivity contribution is 5.94. The Kier molecular flexibility index (Phi) is 4.75. The molecule has 0 spiro atoms. The number of amides is 1. The molecule has 1 N–H and O–H groups in total. The van der Waals surface area contributed by atoms with Gasteiger partial charge in [-0.1, -0.05) is 0 Å². The summed E-state index contributed by atoms with van der Waals surface area (Å²) in [6.45, 7) is 3.31. The summed E-state index contributed by atoms with van der Waals surface area (Å²) >= 11 is 0. The quantitative estimate of drug-likeness (QED) is 0.895. The predicted molar refractivity (Wildman–Crippen MR) is 97.7 cm³/mol. The van der Waals surface area contributed by atoms with Crippen molar-refractivity contribution in [2.24, 2.45) is 5.92 Å². The second-order valence-corrected chi connectivity index (χ2v) is 6.88. The fourth-order valence-corrected chi connectivity index (χ4v) is 3.72. The number of benzene rings is 1. The molecule has 6 heteroatoms. The standard InChI is InChI=1S/C20H23N3O3/c1-25-17-6-7-19(21-12-17)26-16-4-2-15(3-5-16)20(24)22-18-13-23-10-8-14(18)9-11-23/h2-7,12,14,18H,8-11,13H2,1H3,(H,22,24)/t18-/m0/s1. The Morgan fingerprint density at radius 1 is 1.12 bits per heavy atom. The van der Waals surface area contributed by atoms with Gasteiger partial charge in [0.15, 0.2) is 0 Å². The molecule has 3 saturated heterocycles. The maximum absolute atomic E-state index is 12.5. The Bertz CT molecular complexity index is 753. The van der Waals surface area contributed by atoms with E-state index in [-0.39, 0.29) is 11.9 Å². The Balaban J connectivity index is 1.36. The van der Waals surface area contributed by atoms with E-state index >= 15 is 0 Å². The van der Waals surface area contributed by atoms with Crippen LogP contribution < -0.4 is 14.8 Å². The van der Waals surface area contributed by atoms with Crippen molar-refractivity contribution in [1.82, 2.24) is 15.2 Å². The average molecular weight is 353 g/mol. The molecule has 3 aliphatic heterocycles. The number of fused-ring (bicyclic) bond motifs is 3. The lowest BCUT2D eigenvalue weighted by Crippen LogP contribution is -2.57. The van der Waals surface area contributed by atoms with Crippen molar-refractivity contribution in [2.75, 3.05) is 26.7 Å². The van der Waals surface area contributed by atoms with Crippen LogP contribution >= 0.6 is 0 Å². The van der Waals surface area contributed by atoms with Crippen LogP contribution in [0.4, 0.5) is 0 Å². The van der Waals surface area contributed by atoms with Crippen molar-refractivity contribution < 1.29 is 14.3 Å². The first kappa shape index (κ1) is 16.8. The molecule has 1 aromatic heterocycles. The van der Waals surface area contributed by atoms with Crippen LogP contribution in [0, 0.1) is 5.92 Å². The first-order valence-electron chi connectivity index (χ1n) is 9.02. The van der Waals surface area contributed by atoms with Gasteiger partial charge in [-0.25, -0.2) is 4.98 Å². The molecule has 4 heterocycles. The smallest absolute Gasteiger partial charge is 0.251 e. The maximum atomic E-state index is 12.5. The van der Waals surface area contributed by atoms with E-state index in [2.05, 4.69) is 15.2 Å². The predicted octanol–water partition coefficient (Wildman–Crippen LogP) is 2.71. The number of carbonyl (C=O) groups is 1.